The van der Waals surface area contributed by atoms with Crippen LogP contribution in [0.15, 0.2) is 24.3 Å². The number of rotatable bonds is 2. The quantitative estimate of drug-likeness (QED) is 0.479. The molecule has 0 amide bonds. The Morgan fingerprint density at radius 2 is 1.91 bits per heavy atom. The van der Waals surface area contributed by atoms with Crippen LogP contribution in [0.3, 0.4) is 0 Å². The van der Waals surface area contributed by atoms with Gasteiger partial charge in [0, 0.05) is 0 Å². The first kappa shape index (κ1) is 8.96. The highest BCUT2D eigenvalue weighted by Crippen LogP contribution is 2.28. The van der Waals surface area contributed by atoms with Gasteiger partial charge in [0.25, 0.3) is 0 Å². The van der Waals surface area contributed by atoms with E-state index < -0.39 is 0 Å². The normalized spacial score (nSPS) is 10.5. The summed E-state index contributed by atoms with van der Waals surface area (Å²) >= 11 is 0. The fourth-order valence-corrected chi connectivity index (χ4v) is 2.37. The summed E-state index contributed by atoms with van der Waals surface area (Å²) in [5.41, 5.74) is 1.43. The SMILES string of the molecule is CP(C)Cc1ccccc1[Si]. The van der Waals surface area contributed by atoms with Crippen LogP contribution >= 0.6 is 7.92 Å². The topological polar surface area (TPSA) is 0 Å². The van der Waals surface area contributed by atoms with Crippen LogP contribution in [0, 0.1) is 0 Å². The molecule has 0 saturated heterocycles. The van der Waals surface area contributed by atoms with E-state index in [1.807, 2.05) is 0 Å². The molecule has 0 aliphatic heterocycles. The van der Waals surface area contributed by atoms with Crippen molar-refractivity contribution in [3.8, 4) is 0 Å². The van der Waals surface area contributed by atoms with Gasteiger partial charge in [-0.15, -0.1) is 7.92 Å². The summed E-state index contributed by atoms with van der Waals surface area (Å²) in [6.45, 7) is 4.60. The van der Waals surface area contributed by atoms with E-state index in [2.05, 4.69) is 47.8 Å². The average Bonchev–Trinajstić information content (AvgIpc) is 1.93. The molecule has 0 unspecified atom stereocenters. The lowest BCUT2D eigenvalue weighted by Gasteiger charge is -2.07. The average molecular weight is 179 g/mol. The van der Waals surface area contributed by atoms with Crippen LogP contribution in [0.2, 0.25) is 0 Å². The molecule has 1 aromatic carbocycles. The van der Waals surface area contributed by atoms with E-state index in [0.29, 0.717) is 0 Å². The Morgan fingerprint density at radius 3 is 2.45 bits per heavy atom. The Balaban J connectivity index is 2.78. The molecular formula is C9H12PSi. The van der Waals surface area contributed by atoms with Gasteiger partial charge in [-0.3, -0.25) is 0 Å². The van der Waals surface area contributed by atoms with E-state index in [9.17, 15) is 0 Å². The maximum atomic E-state index is 3.58. The number of hydrogen-bond acceptors (Lipinski definition) is 0. The van der Waals surface area contributed by atoms with Crippen molar-refractivity contribution in [2.24, 2.45) is 0 Å². The smallest absolute Gasteiger partial charge is 0.0715 e. The third kappa shape index (κ3) is 2.76. The first-order chi connectivity index (χ1) is 5.20. The largest absolute Gasteiger partial charge is 0.109 e. The second kappa shape index (κ2) is 4.03. The fourth-order valence-electron chi connectivity index (χ4n) is 0.999. The van der Waals surface area contributed by atoms with Gasteiger partial charge < -0.3 is 0 Å². The minimum atomic E-state index is 0.176. The first-order valence-corrected chi connectivity index (χ1v) is 6.56. The summed E-state index contributed by atoms with van der Waals surface area (Å²) in [6, 6.07) is 8.44. The second-order valence-corrected chi connectivity index (χ2v) is 5.91. The second-order valence-electron chi connectivity index (χ2n) is 2.89. The Kier molecular flexibility index (Phi) is 3.29. The summed E-state index contributed by atoms with van der Waals surface area (Å²) < 4.78 is 0. The van der Waals surface area contributed by atoms with Crippen molar-refractivity contribution in [1.29, 1.82) is 0 Å². The van der Waals surface area contributed by atoms with Gasteiger partial charge >= 0.3 is 0 Å². The van der Waals surface area contributed by atoms with Crippen molar-refractivity contribution < 1.29 is 0 Å². The maximum Gasteiger partial charge on any atom is 0.0715 e. The lowest BCUT2D eigenvalue weighted by molar-refractivity contribution is 1.43. The predicted octanol–water partition coefficient (Wildman–Crippen LogP) is 1.72. The molecule has 2 heteroatoms. The Morgan fingerprint density at radius 1 is 1.27 bits per heavy atom. The van der Waals surface area contributed by atoms with E-state index in [1.165, 1.54) is 16.9 Å². The Hall–Kier alpha value is -0.133. The fraction of sp³-hybridized carbons (Fsp3) is 0.333. The minimum absolute atomic E-state index is 0.176. The summed E-state index contributed by atoms with van der Waals surface area (Å²) in [5.74, 6) is 0. The minimum Gasteiger partial charge on any atom is -0.109 e. The molecule has 0 fully saturated rings. The molecule has 0 nitrogen and oxygen atoms in total. The van der Waals surface area contributed by atoms with Crippen molar-refractivity contribution in [2.45, 2.75) is 6.16 Å². The molecule has 1 aromatic rings. The van der Waals surface area contributed by atoms with Crippen LogP contribution in [0.25, 0.3) is 0 Å². The predicted molar refractivity (Wildman–Crippen MR) is 54.3 cm³/mol. The van der Waals surface area contributed by atoms with Crippen LogP contribution in [0.1, 0.15) is 5.56 Å². The zero-order valence-electron chi connectivity index (χ0n) is 6.96. The summed E-state index contributed by atoms with van der Waals surface area (Å²) in [7, 11) is 3.76. The molecule has 0 atom stereocenters. The van der Waals surface area contributed by atoms with Gasteiger partial charge in [0.1, 0.15) is 0 Å². The molecule has 0 aliphatic carbocycles. The molecular weight excluding hydrogens is 167 g/mol. The number of benzene rings is 1. The summed E-state index contributed by atoms with van der Waals surface area (Å²) in [5, 5.41) is 1.24. The zero-order chi connectivity index (χ0) is 8.27. The van der Waals surface area contributed by atoms with E-state index in [0.717, 1.165) is 0 Å². The van der Waals surface area contributed by atoms with Gasteiger partial charge in [-0.2, -0.15) is 0 Å². The zero-order valence-corrected chi connectivity index (χ0v) is 8.86. The molecule has 3 radical (unpaired) electrons. The maximum absolute atomic E-state index is 3.58. The molecule has 0 N–H and O–H groups in total. The van der Waals surface area contributed by atoms with Crippen molar-refractivity contribution in [1.82, 2.24) is 0 Å². The molecule has 57 valence electrons. The number of hydrogen-bond donors (Lipinski definition) is 0. The van der Waals surface area contributed by atoms with Crippen LogP contribution < -0.4 is 5.19 Å². The highest BCUT2D eigenvalue weighted by atomic mass is 31.1. The molecule has 0 spiro atoms. The van der Waals surface area contributed by atoms with Crippen LogP contribution in [0.4, 0.5) is 0 Å². The first-order valence-electron chi connectivity index (χ1n) is 3.64. The third-order valence-corrected chi connectivity index (χ3v) is 2.96. The third-order valence-electron chi connectivity index (χ3n) is 1.50. The van der Waals surface area contributed by atoms with Gasteiger partial charge in [0.2, 0.25) is 0 Å². The van der Waals surface area contributed by atoms with Crippen LogP contribution in [-0.4, -0.2) is 23.6 Å². The lowest BCUT2D eigenvalue weighted by Crippen LogP contribution is -2.08. The van der Waals surface area contributed by atoms with Crippen LogP contribution in [0.5, 0.6) is 0 Å². The molecule has 1 rings (SSSR count). The molecule has 0 bridgehead atoms. The van der Waals surface area contributed by atoms with Gasteiger partial charge in [-0.05, 0) is 25.1 Å². The molecule has 0 aromatic heterocycles. The van der Waals surface area contributed by atoms with E-state index in [4.69, 9.17) is 0 Å². The summed E-state index contributed by atoms with van der Waals surface area (Å²) in [6.07, 6.45) is 1.22. The molecule has 11 heavy (non-hydrogen) atoms. The van der Waals surface area contributed by atoms with Crippen molar-refractivity contribution >= 4 is 23.4 Å². The van der Waals surface area contributed by atoms with Crippen molar-refractivity contribution in [3.63, 3.8) is 0 Å². The van der Waals surface area contributed by atoms with E-state index in [-0.39, 0.29) is 7.92 Å². The monoisotopic (exact) mass is 179 g/mol. The van der Waals surface area contributed by atoms with Crippen molar-refractivity contribution in [3.05, 3.63) is 29.8 Å². The van der Waals surface area contributed by atoms with Gasteiger partial charge in [-0.25, -0.2) is 0 Å². The van der Waals surface area contributed by atoms with Crippen molar-refractivity contribution in [2.75, 3.05) is 13.3 Å². The summed E-state index contributed by atoms with van der Waals surface area (Å²) in [4.78, 5) is 0. The standard InChI is InChI=1S/C9H12PSi/c1-10(2)7-8-5-3-4-6-9(8)11/h3-6H,7H2,1-2H3. The van der Waals surface area contributed by atoms with E-state index in [1.54, 1.807) is 0 Å². The van der Waals surface area contributed by atoms with Gasteiger partial charge in [0.15, 0.2) is 0 Å². The lowest BCUT2D eigenvalue weighted by atomic mass is 10.2. The molecule has 0 saturated carbocycles. The molecule has 0 aliphatic rings. The van der Waals surface area contributed by atoms with Crippen LogP contribution in [-0.2, 0) is 6.16 Å². The molecule has 0 heterocycles. The van der Waals surface area contributed by atoms with E-state index >= 15 is 0 Å². The van der Waals surface area contributed by atoms with Gasteiger partial charge in [-0.1, -0.05) is 29.5 Å². The Labute approximate surface area is 73.2 Å². The Bertz CT molecular complexity index is 233. The highest BCUT2D eigenvalue weighted by Gasteiger charge is 1.98. The van der Waals surface area contributed by atoms with Gasteiger partial charge in [0.05, 0.1) is 10.2 Å². The highest BCUT2D eigenvalue weighted by molar-refractivity contribution is 7.55.